The van der Waals surface area contributed by atoms with Gasteiger partial charge in [0.2, 0.25) is 5.75 Å². The van der Waals surface area contributed by atoms with Crippen LogP contribution in [0.3, 0.4) is 0 Å². The third-order valence-electron chi connectivity index (χ3n) is 5.28. The van der Waals surface area contributed by atoms with Crippen molar-refractivity contribution in [2.45, 2.75) is 50.8 Å². The Kier molecular flexibility index (Phi) is 8.75. The van der Waals surface area contributed by atoms with Crippen LogP contribution in [0, 0.1) is 6.92 Å². The Bertz CT molecular complexity index is 1270. The molecule has 36 heavy (non-hydrogen) atoms. The van der Waals surface area contributed by atoms with Crippen LogP contribution < -0.4 is 18.9 Å². The lowest BCUT2D eigenvalue weighted by Crippen LogP contribution is -2.17. The number of methoxy groups -OCH3 is 1. The van der Waals surface area contributed by atoms with Crippen LogP contribution in [0.25, 0.3) is 0 Å². The van der Waals surface area contributed by atoms with E-state index in [9.17, 15) is 8.42 Å². The zero-order chi connectivity index (χ0) is 26.3. The number of aromatic nitrogens is 2. The van der Waals surface area contributed by atoms with Crippen molar-refractivity contribution >= 4 is 15.8 Å². The van der Waals surface area contributed by atoms with E-state index in [1.165, 1.54) is 7.11 Å². The molecule has 9 nitrogen and oxygen atoms in total. The van der Waals surface area contributed by atoms with Crippen LogP contribution in [-0.4, -0.2) is 43.8 Å². The molecule has 194 valence electrons. The average Bonchev–Trinajstić information content (AvgIpc) is 2.83. The van der Waals surface area contributed by atoms with Gasteiger partial charge in [-0.05, 0) is 55.0 Å². The lowest BCUT2D eigenvalue weighted by molar-refractivity contribution is 0.243. The second-order valence-corrected chi connectivity index (χ2v) is 10.8. The average molecular weight is 516 g/mol. The van der Waals surface area contributed by atoms with Crippen LogP contribution in [-0.2, 0) is 15.4 Å². The van der Waals surface area contributed by atoms with Gasteiger partial charge >= 0.3 is 0 Å². The quantitative estimate of drug-likeness (QED) is 0.348. The maximum atomic E-state index is 13.3. The molecule has 0 saturated heterocycles. The van der Waals surface area contributed by atoms with Crippen LogP contribution in [0.1, 0.15) is 45.0 Å². The largest absolute Gasteiger partial charge is 0.493 e. The van der Waals surface area contributed by atoms with Crippen LogP contribution in [0.4, 0.5) is 5.82 Å². The smallest absolute Gasteiger partial charge is 0.263 e. The van der Waals surface area contributed by atoms with E-state index in [1.807, 2.05) is 0 Å². The van der Waals surface area contributed by atoms with E-state index in [1.54, 1.807) is 55.5 Å². The van der Waals surface area contributed by atoms with Crippen LogP contribution in [0.2, 0.25) is 0 Å². The van der Waals surface area contributed by atoms with Crippen molar-refractivity contribution in [3.63, 3.8) is 0 Å². The Morgan fingerprint density at radius 3 is 2.25 bits per heavy atom. The summed E-state index contributed by atoms with van der Waals surface area (Å²) in [4.78, 5) is 8.72. The number of benzene rings is 2. The van der Waals surface area contributed by atoms with Gasteiger partial charge in [-0.25, -0.2) is 13.4 Å². The highest BCUT2D eigenvalue weighted by molar-refractivity contribution is 7.92. The summed E-state index contributed by atoms with van der Waals surface area (Å²) in [7, 11) is -2.50. The molecule has 2 N–H and O–H groups in total. The van der Waals surface area contributed by atoms with Gasteiger partial charge in [-0.1, -0.05) is 45.0 Å². The fourth-order valence-electron chi connectivity index (χ4n) is 3.31. The van der Waals surface area contributed by atoms with E-state index in [0.29, 0.717) is 30.2 Å². The highest BCUT2D eigenvalue weighted by Crippen LogP contribution is 2.40. The third-order valence-corrected chi connectivity index (χ3v) is 6.64. The molecule has 0 saturated carbocycles. The van der Waals surface area contributed by atoms with Crippen LogP contribution in [0.15, 0.2) is 53.4 Å². The summed E-state index contributed by atoms with van der Waals surface area (Å²) in [6, 6.07) is 13.6. The number of para-hydroxylation sites is 2. The maximum absolute atomic E-state index is 13.3. The van der Waals surface area contributed by atoms with E-state index in [2.05, 4.69) is 35.5 Å². The molecule has 0 aliphatic rings. The van der Waals surface area contributed by atoms with E-state index in [4.69, 9.17) is 19.3 Å². The standard InChI is InChI=1S/C26H33N3O6S/c1-18-27-24(29-36(31,32)20-14-12-19(13-15-20)26(2,3)4)23(25(28-18)34-17-9-8-16-30)35-22-11-7-6-10-21(22)33-5/h6-7,10-15,30H,8-9,16-17H2,1-5H3,(H,27,28,29). The Hall–Kier alpha value is -3.37. The summed E-state index contributed by atoms with van der Waals surface area (Å²) in [6.07, 6.45) is 1.13. The van der Waals surface area contributed by atoms with Crippen molar-refractivity contribution in [1.29, 1.82) is 0 Å². The second kappa shape index (κ2) is 11.6. The molecule has 3 rings (SSSR count). The van der Waals surface area contributed by atoms with Gasteiger partial charge in [-0.3, -0.25) is 4.72 Å². The molecule has 0 aliphatic heterocycles. The normalized spacial score (nSPS) is 11.7. The number of hydrogen-bond donors (Lipinski definition) is 2. The van der Waals surface area contributed by atoms with Crippen molar-refractivity contribution in [1.82, 2.24) is 9.97 Å². The predicted octanol–water partition coefficient (Wildman–Crippen LogP) is 4.84. The maximum Gasteiger partial charge on any atom is 0.263 e. The number of nitrogens with one attached hydrogen (secondary N) is 1. The minimum atomic E-state index is -4.01. The first-order valence-electron chi connectivity index (χ1n) is 11.6. The van der Waals surface area contributed by atoms with E-state index in [0.717, 1.165) is 5.56 Å². The van der Waals surface area contributed by atoms with Crippen molar-refractivity contribution in [3.05, 3.63) is 59.9 Å². The molecular weight excluding hydrogens is 482 g/mol. The fourth-order valence-corrected chi connectivity index (χ4v) is 4.32. The lowest BCUT2D eigenvalue weighted by atomic mass is 9.87. The number of hydrogen-bond acceptors (Lipinski definition) is 8. The van der Waals surface area contributed by atoms with E-state index >= 15 is 0 Å². The summed E-state index contributed by atoms with van der Waals surface area (Å²) >= 11 is 0. The topological polar surface area (TPSA) is 120 Å². The molecule has 0 radical (unpaired) electrons. The molecule has 1 aromatic heterocycles. The number of anilines is 1. The van der Waals surface area contributed by atoms with Gasteiger partial charge in [0.1, 0.15) is 5.82 Å². The Morgan fingerprint density at radius 2 is 1.64 bits per heavy atom. The van der Waals surface area contributed by atoms with Gasteiger partial charge in [0.25, 0.3) is 15.9 Å². The van der Waals surface area contributed by atoms with Gasteiger partial charge in [-0.15, -0.1) is 0 Å². The van der Waals surface area contributed by atoms with Crippen molar-refractivity contribution in [3.8, 4) is 23.1 Å². The van der Waals surface area contributed by atoms with Gasteiger partial charge in [-0.2, -0.15) is 4.98 Å². The molecule has 0 aliphatic carbocycles. The molecule has 0 amide bonds. The number of aliphatic hydroxyl groups is 1. The van der Waals surface area contributed by atoms with Crippen molar-refractivity contribution < 1.29 is 27.7 Å². The first-order valence-corrected chi connectivity index (χ1v) is 13.1. The molecule has 0 bridgehead atoms. The number of ether oxygens (including phenoxy) is 3. The van der Waals surface area contributed by atoms with Gasteiger partial charge in [0.05, 0.1) is 18.6 Å². The summed E-state index contributed by atoms with van der Waals surface area (Å²) < 4.78 is 46.4. The summed E-state index contributed by atoms with van der Waals surface area (Å²) in [5.74, 6) is 1.08. The molecule has 3 aromatic rings. The molecule has 0 fully saturated rings. The molecule has 2 aromatic carbocycles. The monoisotopic (exact) mass is 515 g/mol. The Labute approximate surface area is 212 Å². The highest BCUT2D eigenvalue weighted by atomic mass is 32.2. The highest BCUT2D eigenvalue weighted by Gasteiger charge is 2.25. The lowest BCUT2D eigenvalue weighted by Gasteiger charge is -2.20. The summed E-state index contributed by atoms with van der Waals surface area (Å²) in [5.41, 5.74) is 0.899. The zero-order valence-corrected chi connectivity index (χ0v) is 22.1. The number of rotatable bonds is 11. The van der Waals surface area contributed by atoms with Gasteiger partial charge < -0.3 is 19.3 Å². The first-order chi connectivity index (χ1) is 17.0. The number of aryl methyl sites for hydroxylation is 1. The van der Waals surface area contributed by atoms with Crippen LogP contribution >= 0.6 is 0 Å². The Balaban J connectivity index is 2.02. The van der Waals surface area contributed by atoms with Gasteiger partial charge in [0, 0.05) is 6.61 Å². The summed E-state index contributed by atoms with van der Waals surface area (Å²) in [5, 5.41) is 9.06. The van der Waals surface area contributed by atoms with Gasteiger partial charge in [0.15, 0.2) is 17.3 Å². The number of aliphatic hydroxyl groups excluding tert-OH is 1. The fraction of sp³-hybridized carbons (Fsp3) is 0.385. The van der Waals surface area contributed by atoms with Crippen molar-refractivity contribution in [2.75, 3.05) is 25.0 Å². The molecule has 0 spiro atoms. The van der Waals surface area contributed by atoms with Crippen LogP contribution in [0.5, 0.6) is 23.1 Å². The minimum absolute atomic E-state index is 0.00369. The van der Waals surface area contributed by atoms with E-state index < -0.39 is 10.0 Å². The molecular formula is C26H33N3O6S. The van der Waals surface area contributed by atoms with E-state index in [-0.39, 0.29) is 41.0 Å². The molecule has 0 atom stereocenters. The predicted molar refractivity (Wildman–Crippen MR) is 138 cm³/mol. The van der Waals surface area contributed by atoms with Crippen molar-refractivity contribution in [2.24, 2.45) is 0 Å². The second-order valence-electron chi connectivity index (χ2n) is 9.17. The third kappa shape index (κ3) is 6.86. The molecule has 0 unspecified atom stereocenters. The zero-order valence-electron chi connectivity index (χ0n) is 21.2. The SMILES string of the molecule is COc1ccccc1Oc1c(NS(=O)(=O)c2ccc(C(C)(C)C)cc2)nc(C)nc1OCCCCO. The molecule has 10 heteroatoms. The number of unbranched alkanes of at least 4 members (excludes halogenated alkanes) is 1. The number of nitrogens with zero attached hydrogens (tertiary/aromatic N) is 2. The minimum Gasteiger partial charge on any atom is -0.493 e. The first kappa shape index (κ1) is 27.2. The summed E-state index contributed by atoms with van der Waals surface area (Å²) in [6.45, 7) is 8.09. The number of sulfonamides is 1. The Morgan fingerprint density at radius 1 is 0.972 bits per heavy atom. The molecule has 1 heterocycles.